The summed E-state index contributed by atoms with van der Waals surface area (Å²) in [5.74, 6) is 2.77. The fourth-order valence-corrected chi connectivity index (χ4v) is 6.74. The summed E-state index contributed by atoms with van der Waals surface area (Å²) in [4.78, 5) is 29.7. The highest BCUT2D eigenvalue weighted by molar-refractivity contribution is 5.83. The maximum absolute atomic E-state index is 13.0. The molecule has 5 aliphatic rings. The second-order valence-corrected chi connectivity index (χ2v) is 9.84. The van der Waals surface area contributed by atoms with E-state index in [9.17, 15) is 9.59 Å². The highest BCUT2D eigenvalue weighted by Gasteiger charge is 2.55. The molecule has 0 unspecified atom stereocenters. The number of hydrogen-bond acceptors (Lipinski definition) is 5. The molecule has 4 bridgehead atoms. The molecule has 6 nitrogen and oxygen atoms in total. The van der Waals surface area contributed by atoms with E-state index in [-0.39, 0.29) is 23.9 Å². The van der Waals surface area contributed by atoms with Crippen molar-refractivity contribution in [2.45, 2.75) is 38.5 Å². The van der Waals surface area contributed by atoms with Gasteiger partial charge in [-0.05, 0) is 80.5 Å². The molecule has 0 spiro atoms. The van der Waals surface area contributed by atoms with E-state index in [1.54, 1.807) is 7.11 Å². The topological polar surface area (TPSA) is 59.1 Å². The lowest BCUT2D eigenvalue weighted by molar-refractivity contribution is -0.174. The van der Waals surface area contributed by atoms with Gasteiger partial charge in [-0.3, -0.25) is 9.59 Å². The Hall–Kier alpha value is -2.24. The Morgan fingerprint density at radius 3 is 2.03 bits per heavy atom. The van der Waals surface area contributed by atoms with Crippen LogP contribution in [0.2, 0.25) is 0 Å². The zero-order chi connectivity index (χ0) is 20.7. The summed E-state index contributed by atoms with van der Waals surface area (Å²) in [6.45, 7) is 2.75. The van der Waals surface area contributed by atoms with Crippen molar-refractivity contribution >= 4 is 17.6 Å². The van der Waals surface area contributed by atoms with E-state index < -0.39 is 0 Å². The summed E-state index contributed by atoms with van der Waals surface area (Å²) in [5.41, 5.74) is 0.846. The number of ether oxygens (including phenoxy) is 2. The van der Waals surface area contributed by atoms with Crippen LogP contribution in [0.5, 0.6) is 5.75 Å². The Morgan fingerprint density at radius 2 is 1.50 bits per heavy atom. The van der Waals surface area contributed by atoms with Crippen LogP contribution < -0.4 is 9.64 Å². The standard InChI is InChI=1S/C24H32N2O4/c1-29-21-4-2-20(3-5-21)25-6-8-26(9-7-25)22(27)16-30-23(28)24-13-17-10-18(14-24)12-19(11-17)15-24/h2-5,17-19H,6-16H2,1H3. The molecule has 1 heterocycles. The quantitative estimate of drug-likeness (QED) is 0.696. The van der Waals surface area contributed by atoms with Gasteiger partial charge < -0.3 is 19.3 Å². The minimum absolute atomic E-state index is 0.0672. The minimum Gasteiger partial charge on any atom is -0.497 e. The predicted octanol–water partition coefficient (Wildman–Crippen LogP) is 3.10. The molecule has 4 aliphatic carbocycles. The Labute approximate surface area is 178 Å². The zero-order valence-electron chi connectivity index (χ0n) is 17.8. The number of anilines is 1. The Balaban J connectivity index is 1.11. The molecule has 1 amide bonds. The summed E-state index contributed by atoms with van der Waals surface area (Å²) in [6.07, 6.45) is 6.82. The van der Waals surface area contributed by atoms with E-state index in [2.05, 4.69) is 4.90 Å². The average Bonchev–Trinajstić information content (AvgIpc) is 2.76. The van der Waals surface area contributed by atoms with Crippen molar-refractivity contribution in [2.75, 3.05) is 44.8 Å². The largest absolute Gasteiger partial charge is 0.497 e. The fourth-order valence-electron chi connectivity index (χ4n) is 6.74. The minimum atomic E-state index is -0.290. The maximum atomic E-state index is 13.0. The third-order valence-electron chi connectivity index (χ3n) is 7.87. The second kappa shape index (κ2) is 7.78. The number of piperazine rings is 1. The van der Waals surface area contributed by atoms with Gasteiger partial charge in [0.1, 0.15) is 5.75 Å². The van der Waals surface area contributed by atoms with Crippen molar-refractivity contribution in [3.63, 3.8) is 0 Å². The van der Waals surface area contributed by atoms with Crippen LogP contribution in [0.25, 0.3) is 0 Å². The van der Waals surface area contributed by atoms with Crippen molar-refractivity contribution in [1.82, 2.24) is 4.90 Å². The zero-order valence-corrected chi connectivity index (χ0v) is 17.8. The van der Waals surface area contributed by atoms with Gasteiger partial charge in [0.25, 0.3) is 5.91 Å². The van der Waals surface area contributed by atoms with Gasteiger partial charge in [0.2, 0.25) is 0 Å². The third-order valence-corrected chi connectivity index (χ3v) is 7.87. The molecular weight excluding hydrogens is 380 g/mol. The lowest BCUT2D eigenvalue weighted by Gasteiger charge is -2.55. The number of hydrogen-bond donors (Lipinski definition) is 0. The lowest BCUT2D eigenvalue weighted by atomic mass is 9.49. The third kappa shape index (κ3) is 3.65. The first-order valence-corrected chi connectivity index (χ1v) is 11.4. The van der Waals surface area contributed by atoms with Gasteiger partial charge in [0.15, 0.2) is 6.61 Å². The SMILES string of the molecule is COc1ccc(N2CCN(C(=O)COC(=O)C34CC5CC(CC(C5)C3)C4)CC2)cc1. The van der Waals surface area contributed by atoms with Gasteiger partial charge in [0, 0.05) is 31.9 Å². The van der Waals surface area contributed by atoms with Crippen molar-refractivity contribution in [3.8, 4) is 5.75 Å². The highest BCUT2D eigenvalue weighted by Crippen LogP contribution is 2.60. The number of carbonyl (C=O) groups is 2. The molecule has 0 atom stereocenters. The molecule has 1 saturated heterocycles. The van der Waals surface area contributed by atoms with Crippen LogP contribution in [0.15, 0.2) is 24.3 Å². The van der Waals surface area contributed by atoms with Crippen molar-refractivity contribution in [3.05, 3.63) is 24.3 Å². The van der Waals surface area contributed by atoms with E-state index in [4.69, 9.17) is 9.47 Å². The second-order valence-electron chi connectivity index (χ2n) is 9.84. The summed E-state index contributed by atoms with van der Waals surface area (Å²) in [7, 11) is 1.66. The molecule has 0 radical (unpaired) electrons. The molecular formula is C24H32N2O4. The predicted molar refractivity (Wildman–Crippen MR) is 113 cm³/mol. The number of carbonyl (C=O) groups excluding carboxylic acids is 2. The number of esters is 1. The smallest absolute Gasteiger partial charge is 0.312 e. The first-order chi connectivity index (χ1) is 14.5. The normalized spacial score (nSPS) is 32.2. The van der Waals surface area contributed by atoms with Gasteiger partial charge in [-0.2, -0.15) is 0 Å². The van der Waals surface area contributed by atoms with Crippen LogP contribution in [0.3, 0.4) is 0 Å². The summed E-state index contributed by atoms with van der Waals surface area (Å²) in [5, 5.41) is 0. The Bertz CT molecular complexity index is 763. The summed E-state index contributed by atoms with van der Waals surface area (Å²) < 4.78 is 10.8. The Kier molecular flexibility index (Phi) is 5.11. The molecule has 6 rings (SSSR count). The van der Waals surface area contributed by atoms with Crippen molar-refractivity contribution in [1.29, 1.82) is 0 Å². The van der Waals surface area contributed by atoms with Gasteiger partial charge in [-0.15, -0.1) is 0 Å². The van der Waals surface area contributed by atoms with E-state index in [1.165, 1.54) is 19.3 Å². The van der Waals surface area contributed by atoms with Gasteiger partial charge in [-0.25, -0.2) is 0 Å². The molecule has 0 N–H and O–H groups in total. The van der Waals surface area contributed by atoms with Crippen molar-refractivity contribution in [2.24, 2.45) is 23.2 Å². The molecule has 1 aromatic rings. The number of nitrogens with zero attached hydrogens (tertiary/aromatic N) is 2. The number of methoxy groups -OCH3 is 1. The van der Waals surface area contributed by atoms with Crippen LogP contribution in [0, 0.1) is 23.2 Å². The van der Waals surface area contributed by atoms with E-state index in [0.717, 1.165) is 43.8 Å². The summed E-state index contributed by atoms with van der Waals surface area (Å²) in [6, 6.07) is 8.00. The van der Waals surface area contributed by atoms with Crippen LogP contribution in [-0.4, -0.2) is 56.7 Å². The molecule has 0 aromatic heterocycles. The lowest BCUT2D eigenvalue weighted by Crippen LogP contribution is -2.52. The average molecular weight is 413 g/mol. The number of benzene rings is 1. The Morgan fingerprint density at radius 1 is 0.933 bits per heavy atom. The first-order valence-electron chi connectivity index (χ1n) is 11.4. The van der Waals surface area contributed by atoms with E-state index in [1.807, 2.05) is 29.2 Å². The maximum Gasteiger partial charge on any atom is 0.312 e. The number of amides is 1. The highest BCUT2D eigenvalue weighted by atomic mass is 16.5. The molecule has 162 valence electrons. The number of rotatable bonds is 5. The van der Waals surface area contributed by atoms with Crippen LogP contribution in [0.1, 0.15) is 38.5 Å². The molecule has 4 saturated carbocycles. The van der Waals surface area contributed by atoms with Gasteiger partial charge in [0.05, 0.1) is 12.5 Å². The van der Waals surface area contributed by atoms with E-state index in [0.29, 0.717) is 30.8 Å². The fraction of sp³-hybridized carbons (Fsp3) is 0.667. The monoisotopic (exact) mass is 412 g/mol. The van der Waals surface area contributed by atoms with Crippen LogP contribution >= 0.6 is 0 Å². The van der Waals surface area contributed by atoms with E-state index >= 15 is 0 Å². The molecule has 30 heavy (non-hydrogen) atoms. The first kappa shape index (κ1) is 19.7. The van der Waals surface area contributed by atoms with Crippen LogP contribution in [0.4, 0.5) is 5.69 Å². The summed E-state index contributed by atoms with van der Waals surface area (Å²) >= 11 is 0. The van der Waals surface area contributed by atoms with Gasteiger partial charge >= 0.3 is 5.97 Å². The molecule has 1 aromatic carbocycles. The van der Waals surface area contributed by atoms with Crippen LogP contribution in [-0.2, 0) is 14.3 Å². The molecule has 5 fully saturated rings. The van der Waals surface area contributed by atoms with Crippen molar-refractivity contribution < 1.29 is 19.1 Å². The molecule has 1 aliphatic heterocycles. The van der Waals surface area contributed by atoms with Gasteiger partial charge in [-0.1, -0.05) is 0 Å². The molecule has 6 heteroatoms.